The van der Waals surface area contributed by atoms with Gasteiger partial charge in [0.25, 0.3) is 0 Å². The van der Waals surface area contributed by atoms with Gasteiger partial charge < -0.3 is 10.1 Å². The smallest absolute Gasteiger partial charge is 0.157 e. The molecule has 0 atom stereocenters. The molecule has 0 fully saturated rings. The fourth-order valence-electron chi connectivity index (χ4n) is 1.71. The van der Waals surface area contributed by atoms with Crippen molar-refractivity contribution in [3.05, 3.63) is 34.3 Å². The minimum atomic E-state index is 0.373. The first-order chi connectivity index (χ1) is 9.15. The van der Waals surface area contributed by atoms with Crippen LogP contribution in [0.25, 0.3) is 0 Å². The van der Waals surface area contributed by atoms with Crippen LogP contribution in [0.3, 0.4) is 0 Å². The van der Waals surface area contributed by atoms with Crippen LogP contribution in [0, 0.1) is 6.92 Å². The quantitative estimate of drug-likeness (QED) is 0.792. The van der Waals surface area contributed by atoms with Crippen molar-refractivity contribution in [3.8, 4) is 5.75 Å². The molecule has 0 aromatic carbocycles. The number of hydrogen-bond acceptors (Lipinski definition) is 4. The van der Waals surface area contributed by atoms with Gasteiger partial charge in [-0.15, -0.1) is 11.3 Å². The van der Waals surface area contributed by atoms with Gasteiger partial charge in [0, 0.05) is 28.9 Å². The van der Waals surface area contributed by atoms with Crippen LogP contribution in [-0.4, -0.2) is 22.9 Å². The van der Waals surface area contributed by atoms with E-state index in [1.807, 2.05) is 22.2 Å². The molecule has 0 aliphatic carbocycles. The van der Waals surface area contributed by atoms with E-state index in [9.17, 15) is 0 Å². The maximum absolute atomic E-state index is 5.64. The minimum Gasteiger partial charge on any atom is -0.489 e. The Morgan fingerprint density at radius 2 is 2.26 bits per heavy atom. The molecular formula is C14H21N3OS. The second-order valence-electron chi connectivity index (χ2n) is 4.79. The topological polar surface area (TPSA) is 39.1 Å². The normalized spacial score (nSPS) is 11.2. The summed E-state index contributed by atoms with van der Waals surface area (Å²) in [5.41, 5.74) is 0. The van der Waals surface area contributed by atoms with E-state index in [2.05, 4.69) is 43.3 Å². The van der Waals surface area contributed by atoms with E-state index >= 15 is 0 Å². The van der Waals surface area contributed by atoms with Gasteiger partial charge in [0.1, 0.15) is 6.61 Å². The minimum absolute atomic E-state index is 0.373. The average Bonchev–Trinajstić information content (AvgIpc) is 2.98. The fraction of sp³-hybridized carbons (Fsp3) is 0.500. The van der Waals surface area contributed by atoms with Gasteiger partial charge in [-0.1, -0.05) is 0 Å². The van der Waals surface area contributed by atoms with Gasteiger partial charge in [-0.2, -0.15) is 5.10 Å². The third-order valence-corrected chi connectivity index (χ3v) is 3.75. The standard InChI is InChI=1S/C14H21N3OS/c1-11(2)17-10-13(8-16-17)18-7-6-15-9-14-5-4-12(3)19-14/h4-5,8,10-11,15H,6-7,9H2,1-3H3. The zero-order chi connectivity index (χ0) is 13.7. The summed E-state index contributed by atoms with van der Waals surface area (Å²) in [6, 6.07) is 4.69. The van der Waals surface area contributed by atoms with Crippen molar-refractivity contribution < 1.29 is 4.74 Å². The molecule has 0 aliphatic heterocycles. The van der Waals surface area contributed by atoms with Gasteiger partial charge in [0.15, 0.2) is 5.75 Å². The van der Waals surface area contributed by atoms with E-state index in [4.69, 9.17) is 4.74 Å². The molecule has 0 amide bonds. The highest BCUT2D eigenvalue weighted by Gasteiger charge is 2.02. The first-order valence-electron chi connectivity index (χ1n) is 6.58. The Morgan fingerprint density at radius 1 is 1.42 bits per heavy atom. The molecule has 0 bridgehead atoms. The third-order valence-electron chi connectivity index (χ3n) is 2.75. The van der Waals surface area contributed by atoms with Gasteiger partial charge in [0.2, 0.25) is 0 Å². The maximum Gasteiger partial charge on any atom is 0.157 e. The Balaban J connectivity index is 1.63. The SMILES string of the molecule is Cc1ccc(CNCCOc2cnn(C(C)C)c2)s1. The largest absolute Gasteiger partial charge is 0.489 e. The van der Waals surface area contributed by atoms with Crippen LogP contribution in [0.2, 0.25) is 0 Å². The number of nitrogens with one attached hydrogen (secondary N) is 1. The van der Waals surface area contributed by atoms with E-state index in [0.717, 1.165) is 18.8 Å². The van der Waals surface area contributed by atoms with Gasteiger partial charge in [0.05, 0.1) is 12.4 Å². The predicted octanol–water partition coefficient (Wildman–Crippen LogP) is 3.00. The Hall–Kier alpha value is -1.33. The first-order valence-corrected chi connectivity index (χ1v) is 7.40. The van der Waals surface area contributed by atoms with Gasteiger partial charge >= 0.3 is 0 Å². The van der Waals surface area contributed by atoms with Gasteiger partial charge in [-0.25, -0.2) is 0 Å². The van der Waals surface area contributed by atoms with Crippen molar-refractivity contribution in [2.24, 2.45) is 0 Å². The average molecular weight is 279 g/mol. The summed E-state index contributed by atoms with van der Waals surface area (Å²) < 4.78 is 7.54. The molecule has 2 heterocycles. The molecule has 2 rings (SSSR count). The summed E-state index contributed by atoms with van der Waals surface area (Å²) in [6.07, 6.45) is 3.70. The molecule has 0 unspecified atom stereocenters. The summed E-state index contributed by atoms with van der Waals surface area (Å²) in [7, 11) is 0. The molecule has 19 heavy (non-hydrogen) atoms. The molecule has 5 heteroatoms. The lowest BCUT2D eigenvalue weighted by Crippen LogP contribution is -2.20. The number of ether oxygens (including phenoxy) is 1. The Kier molecular flexibility index (Phi) is 4.99. The number of thiophene rings is 1. The van der Waals surface area contributed by atoms with Gasteiger partial charge in [-0.05, 0) is 32.9 Å². The summed E-state index contributed by atoms with van der Waals surface area (Å²) in [6.45, 7) is 8.73. The van der Waals surface area contributed by atoms with Crippen LogP contribution in [-0.2, 0) is 6.54 Å². The molecular weight excluding hydrogens is 258 g/mol. The third kappa shape index (κ3) is 4.36. The van der Waals surface area contributed by atoms with Crippen LogP contribution in [0.4, 0.5) is 0 Å². The van der Waals surface area contributed by atoms with Crippen molar-refractivity contribution >= 4 is 11.3 Å². The molecule has 0 saturated carbocycles. The second kappa shape index (κ2) is 6.73. The second-order valence-corrected chi connectivity index (χ2v) is 6.16. The Bertz CT molecular complexity index is 504. The van der Waals surface area contributed by atoms with Gasteiger partial charge in [-0.3, -0.25) is 4.68 Å². The molecule has 2 aromatic heterocycles. The number of aryl methyl sites for hydroxylation is 1. The Morgan fingerprint density at radius 3 is 2.89 bits per heavy atom. The van der Waals surface area contributed by atoms with Crippen LogP contribution in [0.5, 0.6) is 5.75 Å². The zero-order valence-electron chi connectivity index (χ0n) is 11.7. The lowest BCUT2D eigenvalue weighted by molar-refractivity contribution is 0.313. The lowest BCUT2D eigenvalue weighted by atomic mass is 10.4. The van der Waals surface area contributed by atoms with Crippen molar-refractivity contribution in [2.75, 3.05) is 13.2 Å². The number of aromatic nitrogens is 2. The molecule has 1 N–H and O–H groups in total. The maximum atomic E-state index is 5.64. The first kappa shape index (κ1) is 14.1. The predicted molar refractivity (Wildman–Crippen MR) is 78.9 cm³/mol. The lowest BCUT2D eigenvalue weighted by Gasteiger charge is -2.05. The molecule has 104 valence electrons. The summed E-state index contributed by atoms with van der Waals surface area (Å²) in [4.78, 5) is 2.72. The van der Waals surface area contributed by atoms with Crippen molar-refractivity contribution in [3.63, 3.8) is 0 Å². The van der Waals surface area contributed by atoms with E-state index in [0.29, 0.717) is 12.6 Å². The number of nitrogens with zero attached hydrogens (tertiary/aromatic N) is 2. The Labute approximate surface area is 118 Å². The molecule has 0 aliphatic rings. The van der Waals surface area contributed by atoms with E-state index in [1.165, 1.54) is 9.75 Å². The van der Waals surface area contributed by atoms with Crippen molar-refractivity contribution in [2.45, 2.75) is 33.4 Å². The highest BCUT2D eigenvalue weighted by molar-refractivity contribution is 7.11. The van der Waals surface area contributed by atoms with E-state index in [1.54, 1.807) is 6.20 Å². The number of hydrogen-bond donors (Lipinski definition) is 1. The number of rotatable bonds is 7. The van der Waals surface area contributed by atoms with Crippen LogP contribution in [0.15, 0.2) is 24.5 Å². The summed E-state index contributed by atoms with van der Waals surface area (Å²) in [5.74, 6) is 0.836. The van der Waals surface area contributed by atoms with Crippen molar-refractivity contribution in [1.82, 2.24) is 15.1 Å². The van der Waals surface area contributed by atoms with Crippen LogP contribution in [0.1, 0.15) is 29.6 Å². The monoisotopic (exact) mass is 279 g/mol. The van der Waals surface area contributed by atoms with E-state index < -0.39 is 0 Å². The molecule has 2 aromatic rings. The molecule has 4 nitrogen and oxygen atoms in total. The highest BCUT2D eigenvalue weighted by Crippen LogP contribution is 2.14. The van der Waals surface area contributed by atoms with Crippen LogP contribution >= 0.6 is 11.3 Å². The zero-order valence-corrected chi connectivity index (χ0v) is 12.5. The van der Waals surface area contributed by atoms with E-state index in [-0.39, 0.29) is 0 Å². The fourth-order valence-corrected chi connectivity index (χ4v) is 2.57. The molecule has 0 saturated heterocycles. The van der Waals surface area contributed by atoms with Crippen LogP contribution < -0.4 is 10.1 Å². The highest BCUT2D eigenvalue weighted by atomic mass is 32.1. The summed E-state index contributed by atoms with van der Waals surface area (Å²) in [5, 5.41) is 7.61. The molecule has 0 spiro atoms. The molecule has 0 radical (unpaired) electrons. The van der Waals surface area contributed by atoms with Crippen molar-refractivity contribution in [1.29, 1.82) is 0 Å². The summed E-state index contributed by atoms with van der Waals surface area (Å²) >= 11 is 1.83.